The first-order valence-corrected chi connectivity index (χ1v) is 13.3. The molecule has 3 heteroatoms. The Bertz CT molecular complexity index is 687. The predicted molar refractivity (Wildman–Crippen MR) is 106 cm³/mol. The first kappa shape index (κ1) is 15.7. The van der Waals surface area contributed by atoms with E-state index in [-0.39, 0.29) is 0 Å². The van der Waals surface area contributed by atoms with Crippen molar-refractivity contribution in [2.24, 2.45) is 17.8 Å². The highest BCUT2D eigenvalue weighted by atomic mass is 79.9. The van der Waals surface area contributed by atoms with Crippen LogP contribution in [0.3, 0.4) is 0 Å². The molecule has 1 aromatic carbocycles. The summed E-state index contributed by atoms with van der Waals surface area (Å²) in [7, 11) is -1.17. The van der Waals surface area contributed by atoms with Gasteiger partial charge < -0.3 is 4.90 Å². The van der Waals surface area contributed by atoms with E-state index in [0.29, 0.717) is 29.7 Å². The summed E-state index contributed by atoms with van der Waals surface area (Å²) in [6.07, 6.45) is 10.7. The Hall–Kier alpha value is -0.803. The van der Waals surface area contributed by atoms with Gasteiger partial charge in [0, 0.05) is 34.2 Å². The second-order valence-corrected chi connectivity index (χ2v) is 15.0. The van der Waals surface area contributed by atoms with Gasteiger partial charge in [0.15, 0.2) is 0 Å². The van der Waals surface area contributed by atoms with Gasteiger partial charge in [0.25, 0.3) is 0 Å². The summed E-state index contributed by atoms with van der Waals surface area (Å²) in [4.78, 5) is 2.78. The van der Waals surface area contributed by atoms with E-state index in [2.05, 4.69) is 89.9 Å². The van der Waals surface area contributed by atoms with Gasteiger partial charge in [0.05, 0.1) is 8.07 Å². The lowest BCUT2D eigenvalue weighted by molar-refractivity contribution is 0.428. The maximum absolute atomic E-state index is 3.70. The van der Waals surface area contributed by atoms with Gasteiger partial charge in [-0.1, -0.05) is 66.8 Å². The predicted octanol–water partition coefficient (Wildman–Crippen LogP) is 5.61. The number of fused-ring (bicyclic) bond motifs is 5. The van der Waals surface area contributed by atoms with Gasteiger partial charge in [0.2, 0.25) is 0 Å². The number of nitrogens with zero attached hydrogens (tertiary/aromatic N) is 1. The third kappa shape index (κ3) is 2.47. The lowest BCUT2D eigenvalue weighted by atomic mass is 9.84. The van der Waals surface area contributed by atoms with Gasteiger partial charge in [-0.05, 0) is 35.6 Å². The Morgan fingerprint density at radius 1 is 1.09 bits per heavy atom. The molecule has 1 aliphatic heterocycles. The molecule has 0 radical (unpaired) electrons. The minimum atomic E-state index is -1.17. The van der Waals surface area contributed by atoms with Crippen LogP contribution in [-0.2, 0) is 0 Å². The van der Waals surface area contributed by atoms with Crippen LogP contribution in [0.4, 0.5) is 5.69 Å². The smallest absolute Gasteiger partial charge is 0.0665 e. The first-order chi connectivity index (χ1) is 10.9. The third-order valence-corrected chi connectivity index (χ3v) is 7.60. The molecule has 0 N–H and O–H groups in total. The summed E-state index contributed by atoms with van der Waals surface area (Å²) in [5.74, 6) is 2.75. The van der Waals surface area contributed by atoms with E-state index in [1.54, 1.807) is 5.56 Å². The van der Waals surface area contributed by atoms with E-state index in [9.17, 15) is 0 Å². The molecule has 5 unspecified atom stereocenters. The van der Waals surface area contributed by atoms with E-state index >= 15 is 0 Å². The lowest BCUT2D eigenvalue weighted by Gasteiger charge is -2.36. The van der Waals surface area contributed by atoms with Crippen molar-refractivity contribution in [1.29, 1.82) is 0 Å². The molecule has 0 saturated heterocycles. The molecule has 5 atom stereocenters. The van der Waals surface area contributed by atoms with Crippen LogP contribution in [0, 0.1) is 17.8 Å². The van der Waals surface area contributed by atoms with Crippen molar-refractivity contribution in [3.63, 3.8) is 0 Å². The summed E-state index contributed by atoms with van der Waals surface area (Å²) in [5, 5.41) is 0. The standard InChI is InChI=1S/C20H26BrNSi/c1-13-15-7-5-6-8-16(15)20-19(13)17-11-14(21)9-10-18(17)22(20)12-23(2,3)4/h5-11,13,15-16,19-20H,12H2,1-4H3. The van der Waals surface area contributed by atoms with Crippen molar-refractivity contribution in [2.45, 2.75) is 38.5 Å². The van der Waals surface area contributed by atoms with Crippen LogP contribution >= 0.6 is 15.9 Å². The zero-order chi connectivity index (χ0) is 16.4. The summed E-state index contributed by atoms with van der Waals surface area (Å²) in [5.41, 5.74) is 3.07. The van der Waals surface area contributed by atoms with Gasteiger partial charge in [-0.15, -0.1) is 0 Å². The van der Waals surface area contributed by atoms with E-state index < -0.39 is 8.07 Å². The maximum Gasteiger partial charge on any atom is 0.0665 e. The van der Waals surface area contributed by atoms with Gasteiger partial charge >= 0.3 is 0 Å². The molecule has 0 amide bonds. The SMILES string of the molecule is CC1C2C=CC=CC2C2C1c1cc(Br)ccc1N2C[Si](C)(C)C. The fourth-order valence-electron chi connectivity index (χ4n) is 5.08. The van der Waals surface area contributed by atoms with Crippen molar-refractivity contribution in [3.05, 3.63) is 52.5 Å². The number of hydrogen-bond donors (Lipinski definition) is 0. The minimum absolute atomic E-state index is 0.646. The van der Waals surface area contributed by atoms with E-state index in [0.717, 1.165) is 0 Å². The summed E-state index contributed by atoms with van der Waals surface area (Å²) in [6.45, 7) is 9.94. The average molecular weight is 388 g/mol. The van der Waals surface area contributed by atoms with Crippen molar-refractivity contribution in [3.8, 4) is 0 Å². The number of anilines is 1. The molecule has 2 aliphatic carbocycles. The number of allylic oxidation sites excluding steroid dienone is 3. The van der Waals surface area contributed by atoms with Gasteiger partial charge in [-0.25, -0.2) is 0 Å². The monoisotopic (exact) mass is 387 g/mol. The van der Waals surface area contributed by atoms with E-state index in [4.69, 9.17) is 0 Å². The topological polar surface area (TPSA) is 3.24 Å². The molecule has 0 spiro atoms. The second-order valence-electron chi connectivity index (χ2n) is 8.69. The Morgan fingerprint density at radius 2 is 1.78 bits per heavy atom. The molecule has 1 nitrogen and oxygen atoms in total. The third-order valence-electron chi connectivity index (χ3n) is 5.82. The molecule has 0 bridgehead atoms. The Balaban J connectivity index is 1.83. The van der Waals surface area contributed by atoms with E-state index in [1.807, 2.05) is 0 Å². The Kier molecular flexibility index (Phi) is 3.65. The number of rotatable bonds is 2. The van der Waals surface area contributed by atoms with Gasteiger partial charge in [-0.3, -0.25) is 0 Å². The quantitative estimate of drug-likeness (QED) is 0.596. The molecule has 1 heterocycles. The molecular weight excluding hydrogens is 362 g/mol. The van der Waals surface area contributed by atoms with Crippen LogP contribution in [0.15, 0.2) is 47.0 Å². The van der Waals surface area contributed by atoms with Crippen molar-refractivity contribution < 1.29 is 0 Å². The summed E-state index contributed by atoms with van der Waals surface area (Å²) < 4.78 is 1.22. The van der Waals surface area contributed by atoms with Crippen LogP contribution in [0.1, 0.15) is 18.4 Å². The first-order valence-electron chi connectivity index (χ1n) is 8.78. The van der Waals surface area contributed by atoms with E-state index in [1.165, 1.54) is 16.3 Å². The fourth-order valence-corrected chi connectivity index (χ4v) is 6.87. The normalized spacial score (nSPS) is 34.5. The van der Waals surface area contributed by atoms with Gasteiger partial charge in [-0.2, -0.15) is 0 Å². The molecule has 1 saturated carbocycles. The zero-order valence-electron chi connectivity index (χ0n) is 14.5. The summed E-state index contributed by atoms with van der Waals surface area (Å²) in [6, 6.07) is 7.60. The largest absolute Gasteiger partial charge is 0.370 e. The number of halogens is 1. The fraction of sp³-hybridized carbons (Fsp3) is 0.500. The molecule has 1 aromatic rings. The van der Waals surface area contributed by atoms with Crippen molar-refractivity contribution in [1.82, 2.24) is 0 Å². The van der Waals surface area contributed by atoms with Crippen molar-refractivity contribution >= 4 is 29.7 Å². The minimum Gasteiger partial charge on any atom is -0.370 e. The molecule has 122 valence electrons. The maximum atomic E-state index is 3.70. The zero-order valence-corrected chi connectivity index (χ0v) is 17.0. The molecule has 4 rings (SSSR count). The highest BCUT2D eigenvalue weighted by molar-refractivity contribution is 9.10. The highest BCUT2D eigenvalue weighted by Crippen LogP contribution is 2.58. The number of benzene rings is 1. The highest BCUT2D eigenvalue weighted by Gasteiger charge is 2.54. The van der Waals surface area contributed by atoms with Crippen LogP contribution in [0.25, 0.3) is 0 Å². The van der Waals surface area contributed by atoms with Crippen LogP contribution in [0.5, 0.6) is 0 Å². The molecule has 3 aliphatic rings. The average Bonchev–Trinajstić information content (AvgIpc) is 2.93. The van der Waals surface area contributed by atoms with Crippen LogP contribution in [-0.4, -0.2) is 20.3 Å². The molecule has 0 aromatic heterocycles. The number of hydrogen-bond acceptors (Lipinski definition) is 1. The molecular formula is C20H26BrNSi. The molecule has 23 heavy (non-hydrogen) atoms. The van der Waals surface area contributed by atoms with Crippen LogP contribution in [0.2, 0.25) is 19.6 Å². The Morgan fingerprint density at radius 3 is 2.48 bits per heavy atom. The summed E-state index contributed by atoms with van der Waals surface area (Å²) >= 11 is 3.70. The molecule has 1 fully saturated rings. The Labute approximate surface area is 149 Å². The van der Waals surface area contributed by atoms with Crippen LogP contribution < -0.4 is 4.90 Å². The van der Waals surface area contributed by atoms with Crippen molar-refractivity contribution in [2.75, 3.05) is 11.1 Å². The second kappa shape index (κ2) is 5.35. The lowest BCUT2D eigenvalue weighted by Crippen LogP contribution is -2.46. The van der Waals surface area contributed by atoms with Gasteiger partial charge in [0.1, 0.15) is 0 Å².